The Morgan fingerprint density at radius 3 is 2.29 bits per heavy atom. The van der Waals surface area contributed by atoms with Gasteiger partial charge in [-0.2, -0.15) is 0 Å². The Labute approximate surface area is 154 Å². The summed E-state index contributed by atoms with van der Waals surface area (Å²) in [7, 11) is 0. The van der Waals surface area contributed by atoms with E-state index in [1.165, 1.54) is 26.6 Å². The van der Waals surface area contributed by atoms with E-state index in [2.05, 4.69) is 106 Å². The average Bonchev–Trinajstić information content (AvgIpc) is 2.64. The Hall–Kier alpha value is -1.97. The maximum absolute atomic E-state index is 3.64. The van der Waals surface area contributed by atoms with Crippen LogP contribution in [0.15, 0.2) is 94.3 Å². The number of anilines is 1. The summed E-state index contributed by atoms with van der Waals surface area (Å²) in [6.07, 6.45) is 2.32. The van der Waals surface area contributed by atoms with Crippen LogP contribution in [0.25, 0.3) is 4.91 Å². The number of benzene rings is 3. The molecule has 3 aromatic rings. The van der Waals surface area contributed by atoms with Gasteiger partial charge in [0.25, 0.3) is 0 Å². The van der Waals surface area contributed by atoms with Gasteiger partial charge in [-0.3, -0.25) is 0 Å². The molecule has 1 N–H and O–H groups in total. The average molecular weight is 394 g/mol. The smallest absolute Gasteiger partial charge is 0.0712 e. The zero-order chi connectivity index (χ0) is 16.4. The first-order chi connectivity index (χ1) is 11.8. The number of halogens is 1. The highest BCUT2D eigenvalue weighted by Crippen LogP contribution is 2.43. The number of nitrogens with one attached hydrogen (secondary N) is 1. The molecule has 0 fully saturated rings. The molecule has 0 saturated heterocycles. The topological polar surface area (TPSA) is 12.0 Å². The van der Waals surface area contributed by atoms with Crippen LogP contribution in [0.5, 0.6) is 0 Å². The molecule has 0 spiro atoms. The van der Waals surface area contributed by atoms with E-state index >= 15 is 0 Å². The molecule has 0 radical (unpaired) electrons. The number of rotatable bonds is 3. The summed E-state index contributed by atoms with van der Waals surface area (Å²) in [5, 5.41) is 3.64. The van der Waals surface area contributed by atoms with Crippen LogP contribution in [0.2, 0.25) is 0 Å². The standard InChI is InChI=1S/C21H16BrNS/c22-16-10-12-17(13-11-16)24-21-14-20(15-6-2-1-3-7-15)23-19-9-5-4-8-18(19)21/h1-14,20,23H/t20-/m0/s1. The highest BCUT2D eigenvalue weighted by molar-refractivity contribution is 9.10. The number of para-hydroxylation sites is 1. The maximum Gasteiger partial charge on any atom is 0.0712 e. The lowest BCUT2D eigenvalue weighted by Gasteiger charge is -2.26. The molecular formula is C21H16BrNS. The van der Waals surface area contributed by atoms with Crippen LogP contribution in [0, 0.1) is 0 Å². The molecule has 118 valence electrons. The first-order valence-electron chi connectivity index (χ1n) is 7.86. The summed E-state index contributed by atoms with van der Waals surface area (Å²) in [6, 6.07) is 27.8. The van der Waals surface area contributed by atoms with Crippen LogP contribution >= 0.6 is 27.7 Å². The molecule has 1 atom stereocenters. The van der Waals surface area contributed by atoms with Crippen molar-refractivity contribution in [3.63, 3.8) is 0 Å². The van der Waals surface area contributed by atoms with Gasteiger partial charge in [-0.25, -0.2) is 0 Å². The van der Waals surface area contributed by atoms with Gasteiger partial charge in [0.1, 0.15) is 0 Å². The van der Waals surface area contributed by atoms with Gasteiger partial charge in [-0.05, 0) is 42.0 Å². The summed E-state index contributed by atoms with van der Waals surface area (Å²) in [6.45, 7) is 0. The molecule has 0 aromatic heterocycles. The normalized spacial score (nSPS) is 16.0. The third kappa shape index (κ3) is 3.28. The minimum atomic E-state index is 0.194. The van der Waals surface area contributed by atoms with Crippen molar-refractivity contribution in [3.05, 3.63) is 101 Å². The van der Waals surface area contributed by atoms with Crippen molar-refractivity contribution in [2.75, 3.05) is 5.32 Å². The van der Waals surface area contributed by atoms with E-state index in [-0.39, 0.29) is 6.04 Å². The Bertz CT molecular complexity index is 872. The second-order valence-electron chi connectivity index (χ2n) is 5.67. The maximum atomic E-state index is 3.64. The Morgan fingerprint density at radius 2 is 1.50 bits per heavy atom. The quantitative estimate of drug-likeness (QED) is 0.527. The molecule has 1 aliphatic rings. The largest absolute Gasteiger partial charge is 0.374 e. The van der Waals surface area contributed by atoms with Gasteiger partial charge in [0.15, 0.2) is 0 Å². The second kappa shape index (κ2) is 6.88. The molecule has 0 aliphatic carbocycles. The van der Waals surface area contributed by atoms with Crippen molar-refractivity contribution < 1.29 is 0 Å². The van der Waals surface area contributed by atoms with Gasteiger partial charge < -0.3 is 5.32 Å². The monoisotopic (exact) mass is 393 g/mol. The summed E-state index contributed by atoms with van der Waals surface area (Å²) in [5.74, 6) is 0. The third-order valence-electron chi connectivity index (χ3n) is 4.02. The van der Waals surface area contributed by atoms with E-state index < -0.39 is 0 Å². The fourth-order valence-corrected chi connectivity index (χ4v) is 4.12. The van der Waals surface area contributed by atoms with Crippen molar-refractivity contribution in [2.24, 2.45) is 0 Å². The Kier molecular flexibility index (Phi) is 4.46. The van der Waals surface area contributed by atoms with Crippen LogP contribution in [-0.2, 0) is 0 Å². The Morgan fingerprint density at radius 1 is 0.792 bits per heavy atom. The van der Waals surface area contributed by atoms with Crippen molar-refractivity contribution in [3.8, 4) is 0 Å². The van der Waals surface area contributed by atoms with Crippen molar-refractivity contribution in [2.45, 2.75) is 10.9 Å². The molecular weight excluding hydrogens is 378 g/mol. The van der Waals surface area contributed by atoms with E-state index in [9.17, 15) is 0 Å². The number of hydrogen-bond donors (Lipinski definition) is 1. The molecule has 0 amide bonds. The van der Waals surface area contributed by atoms with Gasteiger partial charge in [0, 0.05) is 25.5 Å². The minimum Gasteiger partial charge on any atom is -0.374 e. The fourth-order valence-electron chi connectivity index (χ4n) is 2.83. The zero-order valence-electron chi connectivity index (χ0n) is 12.9. The van der Waals surface area contributed by atoms with Crippen molar-refractivity contribution in [1.29, 1.82) is 0 Å². The molecule has 24 heavy (non-hydrogen) atoms. The van der Waals surface area contributed by atoms with Crippen LogP contribution in [0.1, 0.15) is 17.2 Å². The van der Waals surface area contributed by atoms with E-state index in [4.69, 9.17) is 0 Å². The Balaban J connectivity index is 1.72. The SMILES string of the molecule is Brc1ccc(SC2=C[C@@H](c3ccccc3)Nc3ccccc32)cc1. The van der Waals surface area contributed by atoms with Gasteiger partial charge >= 0.3 is 0 Å². The predicted octanol–water partition coefficient (Wildman–Crippen LogP) is 6.75. The van der Waals surface area contributed by atoms with Gasteiger partial charge in [-0.1, -0.05) is 76.2 Å². The third-order valence-corrected chi connectivity index (χ3v) is 5.63. The van der Waals surface area contributed by atoms with Gasteiger partial charge in [0.2, 0.25) is 0 Å². The molecule has 0 bridgehead atoms. The summed E-state index contributed by atoms with van der Waals surface area (Å²) < 4.78 is 1.11. The summed E-state index contributed by atoms with van der Waals surface area (Å²) >= 11 is 5.32. The van der Waals surface area contributed by atoms with Crippen molar-refractivity contribution >= 4 is 38.3 Å². The van der Waals surface area contributed by atoms with Crippen LogP contribution in [0.3, 0.4) is 0 Å². The fraction of sp³-hybridized carbons (Fsp3) is 0.0476. The molecule has 4 rings (SSSR count). The van der Waals surface area contributed by atoms with E-state index in [0.29, 0.717) is 0 Å². The molecule has 3 heteroatoms. The lowest BCUT2D eigenvalue weighted by molar-refractivity contribution is 0.977. The highest BCUT2D eigenvalue weighted by Gasteiger charge is 2.20. The predicted molar refractivity (Wildman–Crippen MR) is 107 cm³/mol. The molecule has 0 unspecified atom stereocenters. The molecule has 1 heterocycles. The summed E-state index contributed by atoms with van der Waals surface area (Å²) in [5.41, 5.74) is 3.73. The van der Waals surface area contributed by atoms with Crippen LogP contribution in [0.4, 0.5) is 5.69 Å². The first-order valence-corrected chi connectivity index (χ1v) is 9.47. The second-order valence-corrected chi connectivity index (χ2v) is 7.70. The molecule has 1 aliphatic heterocycles. The molecule has 0 saturated carbocycles. The summed E-state index contributed by atoms with van der Waals surface area (Å²) in [4.78, 5) is 2.54. The first kappa shape index (κ1) is 15.6. The van der Waals surface area contributed by atoms with Gasteiger partial charge in [-0.15, -0.1) is 0 Å². The van der Waals surface area contributed by atoms with E-state index in [0.717, 1.165) is 4.47 Å². The van der Waals surface area contributed by atoms with E-state index in [1.807, 2.05) is 11.8 Å². The molecule has 3 aromatic carbocycles. The number of fused-ring (bicyclic) bond motifs is 1. The van der Waals surface area contributed by atoms with Crippen molar-refractivity contribution in [1.82, 2.24) is 0 Å². The minimum absolute atomic E-state index is 0.194. The lowest BCUT2D eigenvalue weighted by atomic mass is 10.00. The van der Waals surface area contributed by atoms with Crippen LogP contribution in [-0.4, -0.2) is 0 Å². The van der Waals surface area contributed by atoms with E-state index in [1.54, 1.807) is 0 Å². The number of thioether (sulfide) groups is 1. The molecule has 1 nitrogen and oxygen atoms in total. The van der Waals surface area contributed by atoms with Crippen LogP contribution < -0.4 is 5.32 Å². The van der Waals surface area contributed by atoms with Gasteiger partial charge in [0.05, 0.1) is 6.04 Å². The zero-order valence-corrected chi connectivity index (χ0v) is 15.3. The lowest BCUT2D eigenvalue weighted by Crippen LogP contribution is -2.13. The number of hydrogen-bond acceptors (Lipinski definition) is 2. The highest BCUT2D eigenvalue weighted by atomic mass is 79.9.